The smallest absolute Gasteiger partial charge is 0.114 e. The van der Waals surface area contributed by atoms with Crippen LogP contribution < -0.4 is 5.32 Å². The van der Waals surface area contributed by atoms with Gasteiger partial charge in [0.1, 0.15) is 5.01 Å². The molecule has 1 heterocycles. The van der Waals surface area contributed by atoms with E-state index in [9.17, 15) is 0 Å². The molecule has 1 aromatic rings. The van der Waals surface area contributed by atoms with Crippen molar-refractivity contribution in [2.24, 2.45) is 5.92 Å². The van der Waals surface area contributed by atoms with E-state index in [2.05, 4.69) is 39.9 Å². The van der Waals surface area contributed by atoms with Gasteiger partial charge in [-0.2, -0.15) is 0 Å². The zero-order valence-electron chi connectivity index (χ0n) is 12.3. The van der Waals surface area contributed by atoms with E-state index in [1.807, 2.05) is 11.3 Å². The second kappa shape index (κ2) is 5.30. The second-order valence-corrected chi connectivity index (χ2v) is 7.28. The molecule has 0 radical (unpaired) electrons. The topological polar surface area (TPSA) is 24.9 Å². The zero-order chi connectivity index (χ0) is 13.3. The number of rotatable bonds is 3. The van der Waals surface area contributed by atoms with Gasteiger partial charge in [0.05, 0.1) is 11.2 Å². The zero-order valence-corrected chi connectivity index (χ0v) is 13.2. The van der Waals surface area contributed by atoms with Crippen molar-refractivity contribution in [2.45, 2.75) is 71.9 Å². The lowest BCUT2D eigenvalue weighted by atomic mass is 9.73. The summed E-state index contributed by atoms with van der Waals surface area (Å²) >= 11 is 1.89. The van der Waals surface area contributed by atoms with Crippen LogP contribution in [0.15, 0.2) is 0 Å². The average molecular weight is 266 g/mol. The van der Waals surface area contributed by atoms with Gasteiger partial charge in [-0.05, 0) is 46.5 Å². The maximum absolute atomic E-state index is 4.87. The second-order valence-electron chi connectivity index (χ2n) is 6.08. The maximum atomic E-state index is 4.87. The molecule has 0 amide bonds. The largest absolute Gasteiger partial charge is 0.303 e. The molecule has 1 aliphatic carbocycles. The Morgan fingerprint density at radius 3 is 2.56 bits per heavy atom. The highest BCUT2D eigenvalue weighted by Gasteiger charge is 2.42. The van der Waals surface area contributed by atoms with Gasteiger partial charge < -0.3 is 5.32 Å². The van der Waals surface area contributed by atoms with E-state index in [0.717, 1.165) is 0 Å². The van der Waals surface area contributed by atoms with E-state index in [4.69, 9.17) is 4.98 Å². The lowest BCUT2D eigenvalue weighted by Gasteiger charge is -2.43. The van der Waals surface area contributed by atoms with E-state index < -0.39 is 0 Å². The highest BCUT2D eigenvalue weighted by molar-refractivity contribution is 7.11. The molecule has 2 nitrogen and oxygen atoms in total. The molecule has 102 valence electrons. The van der Waals surface area contributed by atoms with E-state index in [1.165, 1.54) is 41.3 Å². The monoisotopic (exact) mass is 266 g/mol. The van der Waals surface area contributed by atoms with Crippen molar-refractivity contribution in [3.63, 3.8) is 0 Å². The molecule has 2 rings (SSSR count). The predicted octanol–water partition coefficient (Wildman–Crippen LogP) is 4.16. The number of nitrogens with zero attached hydrogens (tertiary/aromatic N) is 1. The van der Waals surface area contributed by atoms with Crippen molar-refractivity contribution in [2.75, 3.05) is 0 Å². The molecule has 3 heteroatoms. The van der Waals surface area contributed by atoms with Crippen molar-refractivity contribution < 1.29 is 0 Å². The number of thiazole rings is 1. The van der Waals surface area contributed by atoms with Gasteiger partial charge in [0.2, 0.25) is 0 Å². The van der Waals surface area contributed by atoms with Crippen molar-refractivity contribution in [3.05, 3.63) is 15.6 Å². The van der Waals surface area contributed by atoms with E-state index in [1.54, 1.807) is 0 Å². The third-order valence-electron chi connectivity index (χ3n) is 4.26. The van der Waals surface area contributed by atoms with Gasteiger partial charge in [-0.1, -0.05) is 19.8 Å². The summed E-state index contributed by atoms with van der Waals surface area (Å²) < 4.78 is 0. The summed E-state index contributed by atoms with van der Waals surface area (Å²) in [7, 11) is 0. The van der Waals surface area contributed by atoms with Gasteiger partial charge in [-0.3, -0.25) is 0 Å². The molecule has 2 unspecified atom stereocenters. The van der Waals surface area contributed by atoms with E-state index >= 15 is 0 Å². The normalized spacial score (nSPS) is 28.9. The molecule has 2 atom stereocenters. The van der Waals surface area contributed by atoms with Crippen LogP contribution in [0.1, 0.15) is 62.0 Å². The molecule has 1 aliphatic rings. The van der Waals surface area contributed by atoms with Gasteiger partial charge in [0.25, 0.3) is 0 Å². The van der Waals surface area contributed by atoms with Crippen LogP contribution in [-0.4, -0.2) is 11.0 Å². The molecule has 0 spiro atoms. The molecule has 0 bridgehead atoms. The van der Waals surface area contributed by atoms with Crippen LogP contribution in [0.5, 0.6) is 0 Å². The molecule has 0 saturated heterocycles. The van der Waals surface area contributed by atoms with E-state index in [-0.39, 0.29) is 5.54 Å². The maximum Gasteiger partial charge on any atom is 0.114 e. The summed E-state index contributed by atoms with van der Waals surface area (Å²) in [5.41, 5.74) is 1.33. The van der Waals surface area contributed by atoms with Crippen molar-refractivity contribution in [3.8, 4) is 0 Å². The standard InChI is InChI=1S/C15H26N2S/c1-10(2)17-15(9-7-6-8-11(15)3)14-16-12(4)13(5)18-14/h10-11,17H,6-9H2,1-5H3. The van der Waals surface area contributed by atoms with Crippen molar-refractivity contribution in [1.29, 1.82) is 0 Å². The molecule has 0 aliphatic heterocycles. The summed E-state index contributed by atoms with van der Waals surface area (Å²) in [6.45, 7) is 11.2. The van der Waals surface area contributed by atoms with Gasteiger partial charge >= 0.3 is 0 Å². The Morgan fingerprint density at radius 1 is 1.33 bits per heavy atom. The van der Waals surface area contributed by atoms with Crippen LogP contribution in [0.4, 0.5) is 0 Å². The summed E-state index contributed by atoms with van der Waals surface area (Å²) in [5.74, 6) is 0.679. The Kier molecular flexibility index (Phi) is 4.12. The van der Waals surface area contributed by atoms with Crippen LogP contribution in [0.25, 0.3) is 0 Å². The first-order valence-electron chi connectivity index (χ1n) is 7.18. The minimum absolute atomic E-state index is 0.121. The first-order valence-corrected chi connectivity index (χ1v) is 7.99. The Bertz CT molecular complexity index is 391. The van der Waals surface area contributed by atoms with Crippen molar-refractivity contribution >= 4 is 11.3 Å². The van der Waals surface area contributed by atoms with Gasteiger partial charge in [-0.15, -0.1) is 11.3 Å². The quantitative estimate of drug-likeness (QED) is 0.888. The number of aromatic nitrogens is 1. The SMILES string of the molecule is Cc1nc(C2(NC(C)C)CCCCC2C)sc1C. The summed E-state index contributed by atoms with van der Waals surface area (Å²) in [6.07, 6.45) is 5.24. The highest BCUT2D eigenvalue weighted by Crippen LogP contribution is 2.43. The Morgan fingerprint density at radius 2 is 2.06 bits per heavy atom. The molecule has 1 N–H and O–H groups in total. The van der Waals surface area contributed by atoms with Gasteiger partial charge in [-0.25, -0.2) is 4.98 Å². The van der Waals surface area contributed by atoms with Crippen LogP contribution in [0, 0.1) is 19.8 Å². The minimum atomic E-state index is 0.121. The third-order valence-corrected chi connectivity index (χ3v) is 5.51. The van der Waals surface area contributed by atoms with Crippen LogP contribution in [0.2, 0.25) is 0 Å². The Balaban J connectivity index is 2.40. The molecule has 1 aromatic heterocycles. The van der Waals surface area contributed by atoms with Crippen LogP contribution in [0.3, 0.4) is 0 Å². The first kappa shape index (κ1) is 14.0. The number of hydrogen-bond acceptors (Lipinski definition) is 3. The average Bonchev–Trinajstić information content (AvgIpc) is 2.62. The number of nitrogens with one attached hydrogen (secondary N) is 1. The summed E-state index contributed by atoms with van der Waals surface area (Å²) in [4.78, 5) is 6.23. The molecule has 0 aromatic carbocycles. The lowest BCUT2D eigenvalue weighted by Crippen LogP contribution is -2.52. The van der Waals surface area contributed by atoms with E-state index in [0.29, 0.717) is 12.0 Å². The minimum Gasteiger partial charge on any atom is -0.303 e. The molecule has 1 fully saturated rings. The third kappa shape index (κ3) is 2.48. The van der Waals surface area contributed by atoms with Crippen LogP contribution in [-0.2, 0) is 5.54 Å². The Labute approximate surface area is 115 Å². The van der Waals surface area contributed by atoms with Gasteiger partial charge in [0, 0.05) is 10.9 Å². The highest BCUT2D eigenvalue weighted by atomic mass is 32.1. The first-order chi connectivity index (χ1) is 8.45. The van der Waals surface area contributed by atoms with Crippen LogP contribution >= 0.6 is 11.3 Å². The molecule has 18 heavy (non-hydrogen) atoms. The predicted molar refractivity (Wildman–Crippen MR) is 79.2 cm³/mol. The summed E-state index contributed by atoms with van der Waals surface area (Å²) in [6, 6.07) is 0.509. The summed E-state index contributed by atoms with van der Waals surface area (Å²) in [5, 5.41) is 5.17. The van der Waals surface area contributed by atoms with Crippen molar-refractivity contribution in [1.82, 2.24) is 10.3 Å². The molecule has 1 saturated carbocycles. The fourth-order valence-electron chi connectivity index (χ4n) is 3.12. The lowest BCUT2D eigenvalue weighted by molar-refractivity contribution is 0.141. The number of hydrogen-bond donors (Lipinski definition) is 1. The van der Waals surface area contributed by atoms with Gasteiger partial charge in [0.15, 0.2) is 0 Å². The Hall–Kier alpha value is -0.410. The molecular formula is C15H26N2S. The molecular weight excluding hydrogens is 240 g/mol. The fraction of sp³-hybridized carbons (Fsp3) is 0.800. The fourth-order valence-corrected chi connectivity index (χ4v) is 4.33. The number of aryl methyl sites for hydroxylation is 2.